The molecule has 1 N–H and O–H groups in total. The van der Waals surface area contributed by atoms with Crippen LogP contribution in [0.2, 0.25) is 10.0 Å². The van der Waals surface area contributed by atoms with Crippen molar-refractivity contribution < 1.29 is 24.4 Å². The highest BCUT2D eigenvalue weighted by molar-refractivity contribution is 6.37. The summed E-state index contributed by atoms with van der Waals surface area (Å²) < 4.78 is 5.77. The number of rotatable bonds is 9. The summed E-state index contributed by atoms with van der Waals surface area (Å²) in [6, 6.07) is 16.1. The summed E-state index contributed by atoms with van der Waals surface area (Å²) in [6.07, 6.45) is 0. The largest absolute Gasteiger partial charge is 0.481 e. The van der Waals surface area contributed by atoms with Crippen molar-refractivity contribution in [2.45, 2.75) is 33.2 Å². The molecule has 3 rings (SSSR count). The van der Waals surface area contributed by atoms with Crippen LogP contribution in [0, 0.1) is 16.0 Å². The van der Waals surface area contributed by atoms with E-state index >= 15 is 0 Å². The zero-order valence-corrected chi connectivity index (χ0v) is 21.3. The standard InChI is InChI=1S/C26H24Cl2N2O6/c1-15(2)25(31)29(14-17-7-5-4-6-8-17)22-10-9-19(13-23(22)30(34)35)36-24-20(27)11-18(12-21(24)28)16(3)26(32)33/h4-13,15-16H,14H2,1-3H3,(H,32,33). The minimum Gasteiger partial charge on any atom is -0.481 e. The number of carboxylic acid groups (broad SMARTS) is 1. The van der Waals surface area contributed by atoms with Crippen molar-refractivity contribution in [3.63, 3.8) is 0 Å². The van der Waals surface area contributed by atoms with Crippen LogP contribution >= 0.6 is 23.2 Å². The Bertz CT molecular complexity index is 1270. The average Bonchev–Trinajstić information content (AvgIpc) is 2.84. The van der Waals surface area contributed by atoms with Crippen LogP contribution in [0.1, 0.15) is 37.8 Å². The number of halogens is 2. The molecule has 8 nitrogen and oxygen atoms in total. The van der Waals surface area contributed by atoms with Crippen LogP contribution in [0.5, 0.6) is 11.5 Å². The van der Waals surface area contributed by atoms with Crippen molar-refractivity contribution in [1.82, 2.24) is 0 Å². The van der Waals surface area contributed by atoms with Gasteiger partial charge in [0, 0.05) is 5.92 Å². The predicted octanol–water partition coefficient (Wildman–Crippen LogP) is 7.07. The summed E-state index contributed by atoms with van der Waals surface area (Å²) >= 11 is 12.6. The van der Waals surface area contributed by atoms with E-state index in [0.29, 0.717) is 5.56 Å². The summed E-state index contributed by atoms with van der Waals surface area (Å²) in [4.78, 5) is 37.1. The van der Waals surface area contributed by atoms with Gasteiger partial charge in [0.25, 0.3) is 5.69 Å². The number of carbonyl (C=O) groups is 2. The minimum atomic E-state index is -1.04. The first-order chi connectivity index (χ1) is 17.0. The fourth-order valence-electron chi connectivity index (χ4n) is 3.49. The Labute approximate surface area is 218 Å². The molecule has 0 saturated carbocycles. The molecule has 1 unspecified atom stereocenters. The maximum absolute atomic E-state index is 13.0. The summed E-state index contributed by atoms with van der Waals surface area (Å²) in [7, 11) is 0. The van der Waals surface area contributed by atoms with Crippen molar-refractivity contribution in [1.29, 1.82) is 0 Å². The van der Waals surface area contributed by atoms with Gasteiger partial charge in [-0.05, 0) is 42.3 Å². The summed E-state index contributed by atoms with van der Waals surface area (Å²) in [6.45, 7) is 5.09. The van der Waals surface area contributed by atoms with Crippen molar-refractivity contribution in [2.24, 2.45) is 5.92 Å². The molecule has 0 aliphatic heterocycles. The molecule has 0 heterocycles. The smallest absolute Gasteiger partial charge is 0.310 e. The zero-order valence-electron chi connectivity index (χ0n) is 19.8. The van der Waals surface area contributed by atoms with Gasteiger partial charge in [-0.1, -0.05) is 67.4 Å². The number of nitro benzene ring substituents is 1. The van der Waals surface area contributed by atoms with Crippen LogP contribution in [-0.2, 0) is 16.1 Å². The lowest BCUT2D eigenvalue weighted by atomic mass is 10.0. The number of hydrogen-bond donors (Lipinski definition) is 1. The van der Waals surface area contributed by atoms with E-state index in [4.69, 9.17) is 27.9 Å². The second kappa shape index (κ2) is 11.4. The molecule has 0 saturated heterocycles. The molecule has 10 heteroatoms. The quantitative estimate of drug-likeness (QED) is 0.234. The van der Waals surface area contributed by atoms with E-state index < -0.39 is 22.7 Å². The lowest BCUT2D eigenvalue weighted by Gasteiger charge is -2.25. The van der Waals surface area contributed by atoms with E-state index in [0.717, 1.165) is 5.56 Å². The van der Waals surface area contributed by atoms with Gasteiger partial charge < -0.3 is 14.7 Å². The Hall–Kier alpha value is -3.62. The average molecular weight is 531 g/mol. The lowest BCUT2D eigenvalue weighted by Crippen LogP contribution is -2.34. The molecule has 0 aromatic heterocycles. The molecular weight excluding hydrogens is 507 g/mol. The first-order valence-electron chi connectivity index (χ1n) is 11.0. The molecule has 1 atom stereocenters. The van der Waals surface area contributed by atoms with E-state index in [-0.39, 0.29) is 45.4 Å². The maximum atomic E-state index is 13.0. The van der Waals surface area contributed by atoms with Crippen molar-refractivity contribution in [3.8, 4) is 11.5 Å². The van der Waals surface area contributed by atoms with Gasteiger partial charge in [-0.3, -0.25) is 19.7 Å². The van der Waals surface area contributed by atoms with Crippen LogP contribution in [0.15, 0.2) is 60.7 Å². The Morgan fingerprint density at radius 3 is 2.17 bits per heavy atom. The zero-order chi connectivity index (χ0) is 26.6. The lowest BCUT2D eigenvalue weighted by molar-refractivity contribution is -0.384. The molecule has 188 valence electrons. The second-order valence-electron chi connectivity index (χ2n) is 8.45. The monoisotopic (exact) mass is 530 g/mol. The van der Waals surface area contributed by atoms with Gasteiger partial charge >= 0.3 is 5.97 Å². The molecule has 0 aliphatic carbocycles. The first kappa shape index (κ1) is 27.0. The second-order valence-corrected chi connectivity index (χ2v) is 9.26. The van der Waals surface area contributed by atoms with Gasteiger partial charge in [0.1, 0.15) is 11.4 Å². The summed E-state index contributed by atoms with van der Waals surface area (Å²) in [5.74, 6) is -2.45. The van der Waals surface area contributed by atoms with E-state index in [2.05, 4.69) is 0 Å². The number of nitrogens with zero attached hydrogens (tertiary/aromatic N) is 2. The van der Waals surface area contributed by atoms with Gasteiger partial charge in [-0.25, -0.2) is 0 Å². The van der Waals surface area contributed by atoms with Crippen molar-refractivity contribution in [3.05, 3.63) is 92.0 Å². The number of anilines is 1. The first-order valence-corrected chi connectivity index (χ1v) is 11.8. The molecule has 0 spiro atoms. The SMILES string of the molecule is CC(C)C(=O)N(Cc1ccccc1)c1ccc(Oc2c(Cl)cc(C(C)C(=O)O)cc2Cl)cc1[N+](=O)[O-]. The maximum Gasteiger partial charge on any atom is 0.310 e. The van der Waals surface area contributed by atoms with Crippen LogP contribution in [0.25, 0.3) is 0 Å². The van der Waals surface area contributed by atoms with Gasteiger partial charge in [0.2, 0.25) is 5.91 Å². The number of carboxylic acids is 1. The third-order valence-electron chi connectivity index (χ3n) is 5.49. The van der Waals surface area contributed by atoms with Crippen LogP contribution in [0.4, 0.5) is 11.4 Å². The van der Waals surface area contributed by atoms with Crippen molar-refractivity contribution in [2.75, 3.05) is 4.90 Å². The Balaban J connectivity index is 2.01. The Kier molecular flexibility index (Phi) is 8.55. The fraction of sp³-hybridized carbons (Fsp3) is 0.231. The molecular formula is C26H24Cl2N2O6. The number of benzene rings is 3. The summed E-state index contributed by atoms with van der Waals surface area (Å²) in [5, 5.41) is 21.3. The molecule has 1 amide bonds. The normalized spacial score (nSPS) is 11.7. The Morgan fingerprint density at radius 1 is 1.03 bits per heavy atom. The Morgan fingerprint density at radius 2 is 1.64 bits per heavy atom. The van der Waals surface area contributed by atoms with E-state index in [1.807, 2.05) is 30.3 Å². The molecule has 0 radical (unpaired) electrons. The number of aliphatic carboxylic acids is 1. The van der Waals surface area contributed by atoms with Gasteiger partial charge in [0.05, 0.1) is 33.5 Å². The van der Waals surface area contributed by atoms with Crippen LogP contribution in [0.3, 0.4) is 0 Å². The summed E-state index contributed by atoms with van der Waals surface area (Å²) in [5.41, 5.74) is 0.990. The number of carbonyl (C=O) groups excluding carboxylic acids is 1. The minimum absolute atomic E-state index is 0.0288. The molecule has 0 aliphatic rings. The highest BCUT2D eigenvalue weighted by Gasteiger charge is 2.27. The van der Waals surface area contributed by atoms with Gasteiger partial charge in [0.15, 0.2) is 5.75 Å². The number of nitro groups is 1. The van der Waals surface area contributed by atoms with E-state index in [1.165, 1.54) is 42.2 Å². The molecule has 3 aromatic carbocycles. The van der Waals surface area contributed by atoms with Gasteiger partial charge in [-0.2, -0.15) is 0 Å². The fourth-order valence-corrected chi connectivity index (χ4v) is 4.07. The van der Waals surface area contributed by atoms with Crippen LogP contribution < -0.4 is 9.64 Å². The molecule has 0 bridgehead atoms. The van der Waals surface area contributed by atoms with E-state index in [1.54, 1.807) is 13.8 Å². The van der Waals surface area contributed by atoms with E-state index in [9.17, 15) is 24.8 Å². The number of amides is 1. The third-order valence-corrected chi connectivity index (χ3v) is 6.05. The van der Waals surface area contributed by atoms with Crippen molar-refractivity contribution >= 4 is 46.5 Å². The topological polar surface area (TPSA) is 110 Å². The number of ether oxygens (including phenoxy) is 1. The highest BCUT2D eigenvalue weighted by Crippen LogP contribution is 2.41. The third kappa shape index (κ3) is 6.13. The highest BCUT2D eigenvalue weighted by atomic mass is 35.5. The molecule has 36 heavy (non-hydrogen) atoms. The molecule has 3 aromatic rings. The predicted molar refractivity (Wildman–Crippen MR) is 138 cm³/mol. The molecule has 0 fully saturated rings. The number of hydrogen-bond acceptors (Lipinski definition) is 5. The van der Waals surface area contributed by atoms with Crippen LogP contribution in [-0.4, -0.2) is 21.9 Å². The van der Waals surface area contributed by atoms with Gasteiger partial charge in [-0.15, -0.1) is 0 Å².